The number of hydrogen-bond donors (Lipinski definition) is 2. The molecule has 3 aromatic rings. The molecule has 0 spiro atoms. The van der Waals surface area contributed by atoms with Gasteiger partial charge in [-0.05, 0) is 48.0 Å². The fourth-order valence-electron chi connectivity index (χ4n) is 2.49. The van der Waals surface area contributed by atoms with Gasteiger partial charge in [0.1, 0.15) is 5.82 Å². The Balaban J connectivity index is 1.51. The predicted molar refractivity (Wildman–Crippen MR) is 108 cm³/mol. The number of fused-ring (bicyclic) bond motifs is 1. The van der Waals surface area contributed by atoms with Crippen molar-refractivity contribution in [2.75, 3.05) is 36.5 Å². The Kier molecular flexibility index (Phi) is 5.06. The maximum Gasteiger partial charge on any atom is 0.250 e. The van der Waals surface area contributed by atoms with Gasteiger partial charge in [0.05, 0.1) is 6.21 Å². The van der Waals surface area contributed by atoms with Crippen LogP contribution in [0.2, 0.25) is 0 Å². The van der Waals surface area contributed by atoms with Gasteiger partial charge in [-0.2, -0.15) is 20.1 Å². The number of anilines is 4. The fraction of sp³-hybridized carbons (Fsp3) is 0.158. The van der Waals surface area contributed by atoms with Gasteiger partial charge in [0.25, 0.3) is 0 Å². The normalized spacial score (nSPS) is 12.2. The van der Waals surface area contributed by atoms with E-state index in [1.165, 1.54) is 12.1 Å². The quantitative estimate of drug-likeness (QED) is 0.486. The number of nitrogens with zero attached hydrogens (tertiary/aromatic N) is 5. The highest BCUT2D eigenvalue weighted by Crippen LogP contribution is 2.32. The van der Waals surface area contributed by atoms with E-state index in [-0.39, 0.29) is 18.6 Å². The van der Waals surface area contributed by atoms with Crippen LogP contribution >= 0.6 is 0 Å². The average Bonchev–Trinajstić information content (AvgIpc) is 3.17. The van der Waals surface area contributed by atoms with Gasteiger partial charge in [0.15, 0.2) is 11.5 Å². The van der Waals surface area contributed by atoms with Gasteiger partial charge >= 0.3 is 0 Å². The summed E-state index contributed by atoms with van der Waals surface area (Å²) in [6.07, 6.45) is 1.62. The van der Waals surface area contributed by atoms with E-state index in [1.807, 2.05) is 32.3 Å². The zero-order valence-electron chi connectivity index (χ0n) is 15.8. The van der Waals surface area contributed by atoms with Crippen LogP contribution in [0.1, 0.15) is 5.56 Å². The summed E-state index contributed by atoms with van der Waals surface area (Å²) in [6, 6.07) is 11.4. The standard InChI is InChI=1S/C19H18FN7O2/c1-27(2)19-24-17(22-14-6-4-13(20)5-7-14)23-18(25-19)26-21-10-12-3-8-15-16(9-12)29-11-28-15/h3-10H,11H2,1-2H3,(H2,22,23,24,25,26). The highest BCUT2D eigenvalue weighted by Gasteiger charge is 2.12. The maximum atomic E-state index is 13.1. The Hall–Kier alpha value is -3.95. The molecule has 1 aromatic heterocycles. The first-order valence-corrected chi connectivity index (χ1v) is 8.71. The van der Waals surface area contributed by atoms with E-state index in [2.05, 4.69) is 30.8 Å². The largest absolute Gasteiger partial charge is 0.454 e. The summed E-state index contributed by atoms with van der Waals surface area (Å²) < 4.78 is 23.7. The van der Waals surface area contributed by atoms with Crippen LogP contribution < -0.4 is 25.1 Å². The van der Waals surface area contributed by atoms with Crippen LogP contribution in [0.25, 0.3) is 0 Å². The second kappa shape index (κ2) is 7.97. The number of benzene rings is 2. The Morgan fingerprint density at radius 2 is 1.76 bits per heavy atom. The van der Waals surface area contributed by atoms with Crippen molar-refractivity contribution in [3.63, 3.8) is 0 Å². The summed E-state index contributed by atoms with van der Waals surface area (Å²) in [5, 5.41) is 7.20. The minimum Gasteiger partial charge on any atom is -0.454 e. The van der Waals surface area contributed by atoms with Crippen LogP contribution in [0.5, 0.6) is 11.5 Å². The molecule has 0 fully saturated rings. The van der Waals surface area contributed by atoms with Crippen LogP contribution in [-0.2, 0) is 0 Å². The third-order valence-electron chi connectivity index (χ3n) is 3.90. The van der Waals surface area contributed by atoms with Crippen molar-refractivity contribution in [2.24, 2.45) is 5.10 Å². The number of hydrogen-bond acceptors (Lipinski definition) is 9. The molecule has 148 valence electrons. The monoisotopic (exact) mass is 395 g/mol. The average molecular weight is 395 g/mol. The molecule has 0 bridgehead atoms. The smallest absolute Gasteiger partial charge is 0.250 e. The summed E-state index contributed by atoms with van der Waals surface area (Å²) in [4.78, 5) is 14.7. The van der Waals surface area contributed by atoms with Crippen LogP contribution in [0.15, 0.2) is 47.6 Å². The highest BCUT2D eigenvalue weighted by molar-refractivity contribution is 5.81. The Morgan fingerprint density at radius 3 is 2.55 bits per heavy atom. The molecule has 0 saturated heterocycles. The number of rotatable bonds is 6. The van der Waals surface area contributed by atoms with Crippen LogP contribution in [0.3, 0.4) is 0 Å². The minimum absolute atomic E-state index is 0.218. The molecule has 29 heavy (non-hydrogen) atoms. The van der Waals surface area contributed by atoms with E-state index in [0.717, 1.165) is 5.56 Å². The van der Waals surface area contributed by atoms with E-state index >= 15 is 0 Å². The molecule has 10 heteroatoms. The summed E-state index contributed by atoms with van der Waals surface area (Å²) in [5.74, 6) is 2.06. The summed E-state index contributed by atoms with van der Waals surface area (Å²) in [7, 11) is 3.63. The summed E-state index contributed by atoms with van der Waals surface area (Å²) >= 11 is 0. The maximum absolute atomic E-state index is 13.1. The van der Waals surface area contributed by atoms with Crippen molar-refractivity contribution < 1.29 is 13.9 Å². The van der Waals surface area contributed by atoms with E-state index in [0.29, 0.717) is 29.1 Å². The summed E-state index contributed by atoms with van der Waals surface area (Å²) in [5.41, 5.74) is 4.28. The number of nitrogens with one attached hydrogen (secondary N) is 2. The molecule has 2 aromatic carbocycles. The van der Waals surface area contributed by atoms with Gasteiger partial charge in [0.2, 0.25) is 24.6 Å². The van der Waals surface area contributed by atoms with Gasteiger partial charge in [-0.15, -0.1) is 0 Å². The Bertz CT molecular complexity index is 1040. The summed E-state index contributed by atoms with van der Waals surface area (Å²) in [6.45, 7) is 0.218. The van der Waals surface area contributed by atoms with Crippen molar-refractivity contribution in [1.29, 1.82) is 0 Å². The highest BCUT2D eigenvalue weighted by atomic mass is 19.1. The predicted octanol–water partition coefficient (Wildman–Crippen LogP) is 3.00. The molecule has 0 atom stereocenters. The molecule has 2 N–H and O–H groups in total. The van der Waals surface area contributed by atoms with Crippen molar-refractivity contribution in [2.45, 2.75) is 0 Å². The molecule has 0 radical (unpaired) electrons. The second-order valence-corrected chi connectivity index (χ2v) is 6.29. The first kappa shape index (κ1) is 18.4. The number of ether oxygens (including phenoxy) is 2. The van der Waals surface area contributed by atoms with Gasteiger partial charge in [-0.25, -0.2) is 9.82 Å². The zero-order valence-corrected chi connectivity index (χ0v) is 15.8. The molecule has 2 heterocycles. The van der Waals surface area contributed by atoms with Gasteiger partial charge in [-0.1, -0.05) is 0 Å². The molecular weight excluding hydrogens is 377 g/mol. The van der Waals surface area contributed by atoms with Gasteiger partial charge < -0.3 is 19.7 Å². The molecule has 0 aliphatic carbocycles. The van der Waals surface area contributed by atoms with E-state index < -0.39 is 0 Å². The van der Waals surface area contributed by atoms with Crippen molar-refractivity contribution in [3.8, 4) is 11.5 Å². The number of hydrazone groups is 1. The topological polar surface area (TPSA) is 96.8 Å². The number of halogens is 1. The lowest BCUT2D eigenvalue weighted by Gasteiger charge is -2.13. The molecule has 0 amide bonds. The lowest BCUT2D eigenvalue weighted by molar-refractivity contribution is 0.174. The lowest BCUT2D eigenvalue weighted by atomic mass is 10.2. The third kappa shape index (κ3) is 4.49. The Morgan fingerprint density at radius 1 is 1.00 bits per heavy atom. The van der Waals surface area contributed by atoms with Crippen molar-refractivity contribution >= 4 is 29.7 Å². The second-order valence-electron chi connectivity index (χ2n) is 6.29. The van der Waals surface area contributed by atoms with Crippen molar-refractivity contribution in [1.82, 2.24) is 15.0 Å². The molecule has 9 nitrogen and oxygen atoms in total. The molecule has 0 saturated carbocycles. The minimum atomic E-state index is -0.319. The van der Waals surface area contributed by atoms with Crippen LogP contribution in [-0.4, -0.2) is 42.1 Å². The lowest BCUT2D eigenvalue weighted by Crippen LogP contribution is -2.15. The van der Waals surface area contributed by atoms with Crippen LogP contribution in [0.4, 0.5) is 27.9 Å². The molecule has 1 aliphatic rings. The Labute approximate surface area is 166 Å². The zero-order chi connectivity index (χ0) is 20.2. The van der Waals surface area contributed by atoms with Gasteiger partial charge in [-0.3, -0.25) is 0 Å². The van der Waals surface area contributed by atoms with Crippen LogP contribution in [0, 0.1) is 5.82 Å². The fourth-order valence-corrected chi connectivity index (χ4v) is 2.49. The van der Waals surface area contributed by atoms with Gasteiger partial charge in [0, 0.05) is 19.8 Å². The van der Waals surface area contributed by atoms with E-state index in [4.69, 9.17) is 9.47 Å². The molecule has 1 aliphatic heterocycles. The molecule has 4 rings (SSSR count). The molecule has 0 unspecified atom stereocenters. The molecular formula is C19H18FN7O2. The number of aromatic nitrogens is 3. The van der Waals surface area contributed by atoms with E-state index in [1.54, 1.807) is 23.2 Å². The van der Waals surface area contributed by atoms with E-state index in [9.17, 15) is 4.39 Å². The SMILES string of the molecule is CN(C)c1nc(NN=Cc2ccc3c(c2)OCO3)nc(Nc2ccc(F)cc2)n1. The first-order chi connectivity index (χ1) is 14.1. The third-order valence-corrected chi connectivity index (χ3v) is 3.90. The van der Waals surface area contributed by atoms with Crippen molar-refractivity contribution in [3.05, 3.63) is 53.8 Å². The first-order valence-electron chi connectivity index (χ1n) is 8.71.